The van der Waals surface area contributed by atoms with Gasteiger partial charge in [-0.05, 0) is 44.1 Å². The molecule has 0 saturated carbocycles. The summed E-state index contributed by atoms with van der Waals surface area (Å²) < 4.78 is 5.63. The second-order valence-corrected chi connectivity index (χ2v) is 6.25. The summed E-state index contributed by atoms with van der Waals surface area (Å²) in [6.07, 6.45) is 0.699. The van der Waals surface area contributed by atoms with Gasteiger partial charge in [-0.15, -0.1) is 24.8 Å². The molecule has 24 heavy (non-hydrogen) atoms. The van der Waals surface area contributed by atoms with Crippen LogP contribution in [0.1, 0.15) is 25.8 Å². The van der Waals surface area contributed by atoms with Crippen molar-refractivity contribution in [2.75, 3.05) is 27.2 Å². The Hall–Kier alpha value is -1.01. The van der Waals surface area contributed by atoms with Crippen LogP contribution in [0.5, 0.6) is 5.75 Å². The maximum Gasteiger partial charge on any atom is 0.237 e. The van der Waals surface area contributed by atoms with Gasteiger partial charge in [0.1, 0.15) is 12.4 Å². The third-order valence-electron chi connectivity index (χ3n) is 3.26. The summed E-state index contributed by atoms with van der Waals surface area (Å²) >= 11 is 0. The van der Waals surface area contributed by atoms with Crippen molar-refractivity contribution in [1.29, 1.82) is 0 Å². The fourth-order valence-electron chi connectivity index (χ4n) is 1.98. The number of hydrogen-bond acceptors (Lipinski definition) is 4. The number of nitrogens with two attached hydrogens (primary N) is 1. The third-order valence-corrected chi connectivity index (χ3v) is 3.26. The SMILES string of the molecule is CC(C)C[C@H](N)C(=O)NCc1ccc(OCCN(C)C)cc1.Cl.Cl. The van der Waals surface area contributed by atoms with Crippen LogP contribution in [0, 0.1) is 5.92 Å². The van der Waals surface area contributed by atoms with E-state index in [1.54, 1.807) is 0 Å². The molecule has 0 heterocycles. The minimum absolute atomic E-state index is 0. The lowest BCUT2D eigenvalue weighted by Crippen LogP contribution is -2.40. The first-order valence-electron chi connectivity index (χ1n) is 7.78. The standard InChI is InChI=1S/C17H29N3O2.2ClH/c1-13(2)11-16(18)17(21)19-12-14-5-7-15(8-6-14)22-10-9-20(3)4;;/h5-8,13,16H,9-12,18H2,1-4H3,(H,19,21);2*1H/t16-;;/m0../s1. The molecular weight excluding hydrogens is 349 g/mol. The molecule has 0 aliphatic rings. The van der Waals surface area contributed by atoms with Gasteiger partial charge in [0.05, 0.1) is 6.04 Å². The minimum atomic E-state index is -0.436. The van der Waals surface area contributed by atoms with E-state index in [1.165, 1.54) is 0 Å². The van der Waals surface area contributed by atoms with Crippen LogP contribution < -0.4 is 15.8 Å². The molecule has 0 radical (unpaired) electrons. The van der Waals surface area contributed by atoms with Gasteiger partial charge >= 0.3 is 0 Å². The number of carbonyl (C=O) groups is 1. The maximum atomic E-state index is 11.9. The van der Waals surface area contributed by atoms with E-state index < -0.39 is 6.04 Å². The topological polar surface area (TPSA) is 67.6 Å². The second-order valence-electron chi connectivity index (χ2n) is 6.25. The van der Waals surface area contributed by atoms with Gasteiger partial charge in [0.25, 0.3) is 0 Å². The molecule has 0 bridgehead atoms. The molecule has 1 aromatic carbocycles. The lowest BCUT2D eigenvalue weighted by Gasteiger charge is -2.14. The number of halogens is 2. The molecule has 0 aliphatic heterocycles. The first kappa shape index (κ1) is 25.2. The molecule has 5 nitrogen and oxygen atoms in total. The van der Waals surface area contributed by atoms with E-state index in [1.807, 2.05) is 38.4 Å². The average molecular weight is 380 g/mol. The number of nitrogens with zero attached hydrogens (tertiary/aromatic N) is 1. The zero-order chi connectivity index (χ0) is 16.5. The predicted octanol–water partition coefficient (Wildman–Crippen LogP) is 2.46. The Morgan fingerprint density at radius 3 is 2.29 bits per heavy atom. The number of nitrogens with one attached hydrogen (secondary N) is 1. The number of likely N-dealkylation sites (N-methyl/N-ethyl adjacent to an activating group) is 1. The van der Waals surface area contributed by atoms with Gasteiger partial charge in [-0.3, -0.25) is 4.79 Å². The van der Waals surface area contributed by atoms with Crippen LogP contribution in [0.3, 0.4) is 0 Å². The van der Waals surface area contributed by atoms with Crippen LogP contribution in [-0.4, -0.2) is 44.1 Å². The summed E-state index contributed by atoms with van der Waals surface area (Å²) in [5.74, 6) is 1.16. The molecule has 1 atom stereocenters. The Balaban J connectivity index is 0. The molecule has 1 rings (SSSR count). The summed E-state index contributed by atoms with van der Waals surface area (Å²) in [5.41, 5.74) is 6.88. The first-order chi connectivity index (χ1) is 10.4. The summed E-state index contributed by atoms with van der Waals surface area (Å²) in [6, 6.07) is 7.32. The van der Waals surface area contributed by atoms with Crippen molar-refractivity contribution >= 4 is 30.7 Å². The zero-order valence-electron chi connectivity index (χ0n) is 15.0. The van der Waals surface area contributed by atoms with Crippen LogP contribution in [0.15, 0.2) is 24.3 Å². The Morgan fingerprint density at radius 2 is 1.79 bits per heavy atom. The average Bonchev–Trinajstić information content (AvgIpc) is 2.45. The summed E-state index contributed by atoms with van der Waals surface area (Å²) in [6.45, 7) is 6.14. The minimum Gasteiger partial charge on any atom is -0.492 e. The van der Waals surface area contributed by atoms with Gasteiger partial charge in [0, 0.05) is 13.1 Å². The van der Waals surface area contributed by atoms with E-state index in [0.29, 0.717) is 25.5 Å². The summed E-state index contributed by atoms with van der Waals surface area (Å²) in [7, 11) is 4.03. The Bertz CT molecular complexity index is 454. The first-order valence-corrected chi connectivity index (χ1v) is 7.78. The molecule has 0 fully saturated rings. The van der Waals surface area contributed by atoms with Crippen LogP contribution in [0.4, 0.5) is 0 Å². The van der Waals surface area contributed by atoms with E-state index in [9.17, 15) is 4.79 Å². The number of amides is 1. The van der Waals surface area contributed by atoms with Gasteiger partial charge in [0.2, 0.25) is 5.91 Å². The van der Waals surface area contributed by atoms with Gasteiger partial charge in [-0.25, -0.2) is 0 Å². The smallest absolute Gasteiger partial charge is 0.237 e. The van der Waals surface area contributed by atoms with Crippen molar-refractivity contribution in [3.63, 3.8) is 0 Å². The highest BCUT2D eigenvalue weighted by molar-refractivity contribution is 5.85. The number of carbonyl (C=O) groups excluding carboxylic acids is 1. The molecule has 0 aromatic heterocycles. The van der Waals surface area contributed by atoms with Crippen LogP contribution in [0.2, 0.25) is 0 Å². The van der Waals surface area contributed by atoms with E-state index >= 15 is 0 Å². The molecule has 3 N–H and O–H groups in total. The number of hydrogen-bond donors (Lipinski definition) is 2. The highest BCUT2D eigenvalue weighted by Crippen LogP contribution is 2.12. The van der Waals surface area contributed by atoms with Gasteiger partial charge in [0.15, 0.2) is 0 Å². The number of benzene rings is 1. The highest BCUT2D eigenvalue weighted by atomic mass is 35.5. The van der Waals surface area contributed by atoms with Crippen molar-refractivity contribution in [2.45, 2.75) is 32.9 Å². The predicted molar refractivity (Wildman–Crippen MR) is 104 cm³/mol. The van der Waals surface area contributed by atoms with Crippen molar-refractivity contribution in [1.82, 2.24) is 10.2 Å². The fourth-order valence-corrected chi connectivity index (χ4v) is 1.98. The second kappa shape index (κ2) is 13.3. The lowest BCUT2D eigenvalue weighted by atomic mass is 10.0. The van der Waals surface area contributed by atoms with Crippen molar-refractivity contribution < 1.29 is 9.53 Å². The number of rotatable bonds is 9. The molecule has 0 aliphatic carbocycles. The number of ether oxygens (including phenoxy) is 1. The van der Waals surface area contributed by atoms with E-state index in [-0.39, 0.29) is 30.7 Å². The fraction of sp³-hybridized carbons (Fsp3) is 0.588. The Morgan fingerprint density at radius 1 is 1.21 bits per heavy atom. The van der Waals surface area contributed by atoms with Crippen LogP contribution in [0.25, 0.3) is 0 Å². The normalized spacial score (nSPS) is 11.5. The zero-order valence-corrected chi connectivity index (χ0v) is 16.6. The Kier molecular flexibility index (Phi) is 14.0. The highest BCUT2D eigenvalue weighted by Gasteiger charge is 2.14. The van der Waals surface area contributed by atoms with Crippen molar-refractivity contribution in [3.05, 3.63) is 29.8 Å². The van der Waals surface area contributed by atoms with E-state index in [0.717, 1.165) is 17.9 Å². The maximum absolute atomic E-state index is 11.9. The molecule has 140 valence electrons. The third kappa shape index (κ3) is 10.7. The van der Waals surface area contributed by atoms with E-state index in [2.05, 4.69) is 24.1 Å². The Labute approximate surface area is 158 Å². The summed E-state index contributed by atoms with van der Waals surface area (Å²) in [4.78, 5) is 13.9. The quantitative estimate of drug-likeness (QED) is 0.691. The van der Waals surface area contributed by atoms with Crippen LogP contribution >= 0.6 is 24.8 Å². The van der Waals surface area contributed by atoms with Gasteiger partial charge in [-0.1, -0.05) is 26.0 Å². The largest absolute Gasteiger partial charge is 0.492 e. The molecule has 7 heteroatoms. The van der Waals surface area contributed by atoms with Crippen molar-refractivity contribution in [2.24, 2.45) is 11.7 Å². The lowest BCUT2D eigenvalue weighted by molar-refractivity contribution is -0.122. The molecule has 0 saturated heterocycles. The van der Waals surface area contributed by atoms with Gasteiger partial charge < -0.3 is 20.7 Å². The summed E-state index contributed by atoms with van der Waals surface area (Å²) in [5, 5.41) is 2.87. The molecule has 0 unspecified atom stereocenters. The van der Waals surface area contributed by atoms with Gasteiger partial charge in [-0.2, -0.15) is 0 Å². The molecule has 1 aromatic rings. The molecule has 1 amide bonds. The van der Waals surface area contributed by atoms with Crippen LogP contribution in [-0.2, 0) is 11.3 Å². The van der Waals surface area contributed by atoms with E-state index in [4.69, 9.17) is 10.5 Å². The monoisotopic (exact) mass is 379 g/mol. The molecular formula is C17H31Cl2N3O2. The van der Waals surface area contributed by atoms with Crippen molar-refractivity contribution in [3.8, 4) is 5.75 Å². The molecule has 0 spiro atoms.